The molecule has 1 aliphatic carbocycles. The van der Waals surface area contributed by atoms with Crippen LogP contribution in [0.4, 0.5) is 5.82 Å². The summed E-state index contributed by atoms with van der Waals surface area (Å²) in [5.41, 5.74) is 0. The molecule has 5 heteroatoms. The first kappa shape index (κ1) is 10.6. The van der Waals surface area contributed by atoms with Crippen LogP contribution >= 0.6 is 11.6 Å². The van der Waals surface area contributed by atoms with E-state index in [4.69, 9.17) is 11.6 Å². The van der Waals surface area contributed by atoms with Gasteiger partial charge in [0, 0.05) is 19.7 Å². The summed E-state index contributed by atoms with van der Waals surface area (Å²) in [6, 6.07) is 1.75. The molecule has 1 fully saturated rings. The third kappa shape index (κ3) is 2.58. The van der Waals surface area contributed by atoms with Crippen LogP contribution in [0.1, 0.15) is 12.8 Å². The van der Waals surface area contributed by atoms with Gasteiger partial charge in [-0.15, -0.1) is 0 Å². The highest BCUT2D eigenvalue weighted by Crippen LogP contribution is 2.28. The number of anilines is 1. The number of halogens is 1. The summed E-state index contributed by atoms with van der Waals surface area (Å²) in [7, 11) is 1.98. The van der Waals surface area contributed by atoms with Crippen molar-refractivity contribution in [2.75, 3.05) is 18.5 Å². The third-order valence-electron chi connectivity index (χ3n) is 2.75. The number of hydrogen-bond acceptors (Lipinski definition) is 4. The van der Waals surface area contributed by atoms with Gasteiger partial charge < -0.3 is 10.0 Å². The van der Waals surface area contributed by atoms with Gasteiger partial charge in [0.25, 0.3) is 0 Å². The van der Waals surface area contributed by atoms with Crippen LogP contribution in [-0.4, -0.2) is 34.8 Å². The molecule has 0 aliphatic heterocycles. The van der Waals surface area contributed by atoms with E-state index in [0.717, 1.165) is 25.2 Å². The lowest BCUT2D eigenvalue weighted by molar-refractivity contribution is 0.0464. The molecule has 1 heterocycles. The van der Waals surface area contributed by atoms with Crippen molar-refractivity contribution in [3.05, 3.63) is 17.5 Å². The fourth-order valence-corrected chi connectivity index (χ4v) is 2.00. The van der Waals surface area contributed by atoms with E-state index in [0.29, 0.717) is 11.1 Å². The number of aliphatic hydroxyl groups excluding tert-OH is 1. The zero-order valence-electron chi connectivity index (χ0n) is 8.60. The van der Waals surface area contributed by atoms with Crippen molar-refractivity contribution in [2.45, 2.75) is 18.9 Å². The molecular weight excluding hydrogens is 214 g/mol. The zero-order chi connectivity index (χ0) is 10.8. The van der Waals surface area contributed by atoms with Crippen LogP contribution in [-0.2, 0) is 0 Å². The molecule has 4 nitrogen and oxygen atoms in total. The second-order valence-corrected chi connectivity index (χ2v) is 4.46. The van der Waals surface area contributed by atoms with E-state index in [9.17, 15) is 5.11 Å². The summed E-state index contributed by atoms with van der Waals surface area (Å²) in [5.74, 6) is 1.40. The van der Waals surface area contributed by atoms with E-state index in [-0.39, 0.29) is 6.10 Å². The van der Waals surface area contributed by atoms with E-state index in [1.807, 2.05) is 11.9 Å². The fraction of sp³-hybridized carbons (Fsp3) is 0.600. The van der Waals surface area contributed by atoms with Gasteiger partial charge >= 0.3 is 0 Å². The second kappa shape index (κ2) is 4.33. The molecule has 1 aliphatic rings. The smallest absolute Gasteiger partial charge is 0.134 e. The molecule has 1 N–H and O–H groups in total. The van der Waals surface area contributed by atoms with Gasteiger partial charge in [-0.25, -0.2) is 9.97 Å². The summed E-state index contributed by atoms with van der Waals surface area (Å²) >= 11 is 5.78. The quantitative estimate of drug-likeness (QED) is 0.792. The Morgan fingerprint density at radius 2 is 2.27 bits per heavy atom. The molecule has 1 saturated carbocycles. The predicted molar refractivity (Wildman–Crippen MR) is 59.0 cm³/mol. The molecule has 0 bridgehead atoms. The first-order valence-corrected chi connectivity index (χ1v) is 5.39. The Morgan fingerprint density at radius 1 is 1.53 bits per heavy atom. The average molecular weight is 228 g/mol. The third-order valence-corrected chi connectivity index (χ3v) is 2.96. The number of aliphatic hydroxyl groups is 1. The molecule has 0 spiro atoms. The standard InChI is InChI=1S/C10H14ClN3O/c1-14(5-7-2-8(15)3-7)10-4-9(11)12-6-13-10/h4,6-8,15H,2-3,5H2,1H3. The van der Waals surface area contributed by atoms with Gasteiger partial charge in [-0.3, -0.25) is 0 Å². The molecule has 0 radical (unpaired) electrons. The monoisotopic (exact) mass is 227 g/mol. The van der Waals surface area contributed by atoms with E-state index >= 15 is 0 Å². The summed E-state index contributed by atoms with van der Waals surface area (Å²) in [4.78, 5) is 10.0. The van der Waals surface area contributed by atoms with Gasteiger partial charge in [-0.1, -0.05) is 11.6 Å². The SMILES string of the molecule is CN(CC1CC(O)C1)c1cc(Cl)ncn1. The first-order chi connectivity index (χ1) is 7.15. The maximum Gasteiger partial charge on any atom is 0.134 e. The first-order valence-electron chi connectivity index (χ1n) is 5.02. The highest BCUT2D eigenvalue weighted by molar-refractivity contribution is 6.29. The maximum atomic E-state index is 9.18. The lowest BCUT2D eigenvalue weighted by atomic mass is 9.82. The molecule has 82 valence electrons. The number of nitrogens with zero attached hydrogens (tertiary/aromatic N) is 3. The highest BCUT2D eigenvalue weighted by atomic mass is 35.5. The predicted octanol–water partition coefficient (Wildman–Crippen LogP) is 1.34. The fourth-order valence-electron chi connectivity index (χ4n) is 1.86. The van der Waals surface area contributed by atoms with Crippen molar-refractivity contribution in [3.63, 3.8) is 0 Å². The lowest BCUT2D eigenvalue weighted by Gasteiger charge is -2.34. The van der Waals surface area contributed by atoms with E-state index in [1.165, 1.54) is 6.33 Å². The molecule has 1 aromatic rings. The molecule has 0 saturated heterocycles. The lowest BCUT2D eigenvalue weighted by Crippen LogP contribution is -2.37. The normalized spacial score (nSPS) is 24.7. The molecule has 0 amide bonds. The van der Waals surface area contributed by atoms with Crippen molar-refractivity contribution in [1.29, 1.82) is 0 Å². The van der Waals surface area contributed by atoms with Crippen LogP contribution in [0.5, 0.6) is 0 Å². The summed E-state index contributed by atoms with van der Waals surface area (Å²) < 4.78 is 0. The van der Waals surface area contributed by atoms with E-state index in [1.54, 1.807) is 6.07 Å². The molecule has 1 aromatic heterocycles. The largest absolute Gasteiger partial charge is 0.393 e. The van der Waals surface area contributed by atoms with Gasteiger partial charge in [0.2, 0.25) is 0 Å². The van der Waals surface area contributed by atoms with Crippen LogP contribution in [0.25, 0.3) is 0 Å². The molecule has 2 rings (SSSR count). The summed E-state index contributed by atoms with van der Waals surface area (Å²) in [5, 5.41) is 9.64. The highest BCUT2D eigenvalue weighted by Gasteiger charge is 2.28. The Kier molecular flexibility index (Phi) is 3.07. The van der Waals surface area contributed by atoms with Gasteiger partial charge in [-0.2, -0.15) is 0 Å². The molecule has 15 heavy (non-hydrogen) atoms. The minimum absolute atomic E-state index is 0.0996. The van der Waals surface area contributed by atoms with Crippen molar-refractivity contribution < 1.29 is 5.11 Å². The van der Waals surface area contributed by atoms with Crippen molar-refractivity contribution in [2.24, 2.45) is 5.92 Å². The van der Waals surface area contributed by atoms with Crippen molar-refractivity contribution in [1.82, 2.24) is 9.97 Å². The van der Waals surface area contributed by atoms with Gasteiger partial charge in [0.05, 0.1) is 6.10 Å². The van der Waals surface area contributed by atoms with Crippen LogP contribution in [0.2, 0.25) is 5.15 Å². The zero-order valence-corrected chi connectivity index (χ0v) is 9.35. The number of rotatable bonds is 3. The maximum absolute atomic E-state index is 9.18. The van der Waals surface area contributed by atoms with Gasteiger partial charge in [0.1, 0.15) is 17.3 Å². The Bertz CT molecular complexity index is 341. The average Bonchev–Trinajstić information content (AvgIpc) is 2.15. The van der Waals surface area contributed by atoms with Gasteiger partial charge in [0.15, 0.2) is 0 Å². The topological polar surface area (TPSA) is 49.2 Å². The second-order valence-electron chi connectivity index (χ2n) is 4.07. The minimum atomic E-state index is -0.0996. The Morgan fingerprint density at radius 3 is 2.87 bits per heavy atom. The summed E-state index contributed by atoms with van der Waals surface area (Å²) in [6.45, 7) is 0.907. The van der Waals surface area contributed by atoms with Gasteiger partial charge in [-0.05, 0) is 18.8 Å². The Balaban J connectivity index is 1.93. The molecule has 0 atom stereocenters. The van der Waals surface area contributed by atoms with Crippen molar-refractivity contribution in [3.8, 4) is 0 Å². The Labute approximate surface area is 93.9 Å². The van der Waals surface area contributed by atoms with E-state index in [2.05, 4.69) is 9.97 Å². The molecular formula is C10H14ClN3O. The van der Waals surface area contributed by atoms with Crippen LogP contribution in [0, 0.1) is 5.92 Å². The van der Waals surface area contributed by atoms with Crippen LogP contribution < -0.4 is 4.90 Å². The van der Waals surface area contributed by atoms with Crippen molar-refractivity contribution >= 4 is 17.4 Å². The van der Waals surface area contributed by atoms with E-state index < -0.39 is 0 Å². The summed E-state index contributed by atoms with van der Waals surface area (Å²) in [6.07, 6.45) is 3.15. The number of hydrogen-bond donors (Lipinski definition) is 1. The van der Waals surface area contributed by atoms with Crippen LogP contribution in [0.3, 0.4) is 0 Å². The van der Waals surface area contributed by atoms with Crippen LogP contribution in [0.15, 0.2) is 12.4 Å². The minimum Gasteiger partial charge on any atom is -0.393 e. The molecule has 0 unspecified atom stereocenters. The Hall–Kier alpha value is -0.870. The number of aromatic nitrogens is 2. The molecule has 0 aromatic carbocycles.